The van der Waals surface area contributed by atoms with E-state index in [2.05, 4.69) is 64.1 Å². The molecule has 36 heavy (non-hydrogen) atoms. The first-order valence-corrected chi connectivity index (χ1v) is 31.0. The molecule has 0 heterocycles. The monoisotopic (exact) mass is 619 g/mol. The summed E-state index contributed by atoms with van der Waals surface area (Å²) in [5, 5.41) is 4.02. The zero-order valence-corrected chi connectivity index (χ0v) is 31.6. The molecule has 3 atom stereocenters. The smallest absolute Gasteiger partial charge is 0.410 e. The van der Waals surface area contributed by atoms with Crippen LogP contribution in [-0.2, 0) is 35.6 Å². The number of rotatable bonds is 17. The molecule has 0 radical (unpaired) electrons. The first-order chi connectivity index (χ1) is 15.7. The molecule has 0 aromatic heterocycles. The molecular formula is C21H54NO8PSi5. The van der Waals surface area contributed by atoms with Crippen LogP contribution in [0, 0.1) is 0 Å². The van der Waals surface area contributed by atoms with Gasteiger partial charge in [0.1, 0.15) is 19.3 Å². The van der Waals surface area contributed by atoms with Crippen LogP contribution in [-0.4, -0.2) is 79.8 Å². The van der Waals surface area contributed by atoms with E-state index >= 15 is 0 Å². The highest BCUT2D eigenvalue weighted by molar-refractivity contribution is 7.52. The molecule has 0 aromatic carbocycles. The lowest BCUT2D eigenvalue weighted by molar-refractivity contribution is -0.0304. The van der Waals surface area contributed by atoms with Gasteiger partial charge < -0.3 is 26.5 Å². The maximum atomic E-state index is 13.8. The first-order valence-electron chi connectivity index (χ1n) is 12.5. The van der Waals surface area contributed by atoms with Gasteiger partial charge in [0.25, 0.3) is 0 Å². The van der Waals surface area contributed by atoms with Gasteiger partial charge in [-0.1, -0.05) is 5.16 Å². The van der Waals surface area contributed by atoms with Gasteiger partial charge in [0, 0.05) is 0 Å². The third-order valence-electron chi connectivity index (χ3n) is 3.66. The van der Waals surface area contributed by atoms with Crippen molar-refractivity contribution < 1.29 is 35.6 Å². The minimum absolute atomic E-state index is 0.0297. The van der Waals surface area contributed by atoms with Crippen LogP contribution in [0.2, 0.25) is 98.2 Å². The van der Waals surface area contributed by atoms with Crippen molar-refractivity contribution in [2.24, 2.45) is 5.16 Å². The number of oxime groups is 1. The Bertz CT molecular complexity index is 719. The molecule has 0 aliphatic carbocycles. The summed E-state index contributed by atoms with van der Waals surface area (Å²) < 4.78 is 51.7. The van der Waals surface area contributed by atoms with Crippen molar-refractivity contribution in [3.63, 3.8) is 0 Å². The Kier molecular flexibility index (Phi) is 14.0. The molecule has 0 aromatic rings. The topological polar surface area (TPSA) is 94.0 Å². The highest BCUT2D eigenvalue weighted by Gasteiger charge is 2.43. The zero-order chi connectivity index (χ0) is 28.8. The molecule has 0 aliphatic rings. The summed E-state index contributed by atoms with van der Waals surface area (Å²) in [6, 6.07) is 0. The average Bonchev–Trinajstić information content (AvgIpc) is 2.54. The summed E-state index contributed by atoms with van der Waals surface area (Å²) in [5.41, 5.74) is 0. The van der Waals surface area contributed by atoms with E-state index in [0.717, 1.165) is 0 Å². The molecule has 0 saturated carbocycles. The van der Waals surface area contributed by atoms with E-state index in [9.17, 15) is 4.57 Å². The standard InChI is InChI=1S/C21H54NO8PSi5/c1-24-22-17-19(26-32(2,3)4)21(28-34(8,9)10)20(27-33(5,6)7)18-25-31(23,29-35(11,12)13)30-36(14,15)16/h17,19-21H,18H2,1-16H3/b22-17+/t19-,20+,21-/m0/s1. The Morgan fingerprint density at radius 2 is 1.08 bits per heavy atom. The second-order valence-electron chi connectivity index (χ2n) is 13.7. The fourth-order valence-corrected chi connectivity index (χ4v) is 12.9. The molecule has 0 rings (SSSR count). The SMILES string of the molecule is CO/N=C/[C@H](O[Si](C)(C)C)[C@H](O[Si](C)(C)C)[C@@H](COP(=O)(O[Si](C)(C)C)O[Si](C)(C)C)O[Si](C)(C)C. The van der Waals surface area contributed by atoms with Gasteiger partial charge in [-0.15, -0.1) is 0 Å². The van der Waals surface area contributed by atoms with Crippen molar-refractivity contribution in [2.75, 3.05) is 13.7 Å². The molecule has 0 spiro atoms. The van der Waals surface area contributed by atoms with Crippen molar-refractivity contribution in [2.45, 2.75) is 117 Å². The van der Waals surface area contributed by atoms with Gasteiger partial charge in [-0.25, -0.2) is 4.57 Å². The normalized spacial score (nSPS) is 17.3. The number of hydrogen-bond donors (Lipinski definition) is 0. The van der Waals surface area contributed by atoms with Crippen molar-refractivity contribution in [1.82, 2.24) is 0 Å². The fourth-order valence-electron chi connectivity index (χ4n) is 3.03. The lowest BCUT2D eigenvalue weighted by Gasteiger charge is -2.41. The van der Waals surface area contributed by atoms with E-state index in [4.69, 9.17) is 31.1 Å². The van der Waals surface area contributed by atoms with Gasteiger partial charge >= 0.3 is 7.82 Å². The highest BCUT2D eigenvalue weighted by atomic mass is 31.2. The lowest BCUT2D eigenvalue weighted by Crippen LogP contribution is -2.55. The molecule has 0 bridgehead atoms. The third kappa shape index (κ3) is 18.7. The second-order valence-corrected chi connectivity index (χ2v) is 38.2. The van der Waals surface area contributed by atoms with Crippen LogP contribution in [0.15, 0.2) is 5.16 Å². The molecule has 9 nitrogen and oxygen atoms in total. The molecule has 0 saturated heterocycles. The van der Waals surface area contributed by atoms with E-state index < -0.39 is 67.7 Å². The van der Waals surface area contributed by atoms with Gasteiger partial charge in [-0.05, 0) is 98.2 Å². The Hall–Kier alpha value is 0.544. The van der Waals surface area contributed by atoms with E-state index in [1.54, 1.807) is 6.21 Å². The Balaban J connectivity index is 6.50. The van der Waals surface area contributed by atoms with Crippen LogP contribution in [0.3, 0.4) is 0 Å². The van der Waals surface area contributed by atoms with Crippen molar-refractivity contribution in [1.29, 1.82) is 0 Å². The maximum Gasteiger partial charge on any atom is 0.455 e. The summed E-state index contributed by atoms with van der Waals surface area (Å²) >= 11 is 0. The predicted molar refractivity (Wildman–Crippen MR) is 163 cm³/mol. The van der Waals surface area contributed by atoms with E-state index in [1.807, 2.05) is 39.3 Å². The molecule has 0 fully saturated rings. The van der Waals surface area contributed by atoms with Gasteiger partial charge in [0.05, 0.1) is 18.9 Å². The molecule has 0 amide bonds. The van der Waals surface area contributed by atoms with Crippen LogP contribution in [0.25, 0.3) is 0 Å². The minimum atomic E-state index is -3.84. The molecule has 15 heteroatoms. The Morgan fingerprint density at radius 1 is 0.667 bits per heavy atom. The summed E-state index contributed by atoms with van der Waals surface area (Å²) in [5.74, 6) is 0. The number of nitrogens with zero attached hydrogens (tertiary/aromatic N) is 1. The molecule has 0 aliphatic heterocycles. The third-order valence-corrected chi connectivity index (χ3v) is 13.3. The van der Waals surface area contributed by atoms with E-state index in [0.29, 0.717) is 0 Å². The lowest BCUT2D eigenvalue weighted by atomic mass is 10.1. The highest BCUT2D eigenvalue weighted by Crippen LogP contribution is 2.54. The average molecular weight is 620 g/mol. The summed E-state index contributed by atoms with van der Waals surface area (Å²) in [7, 11) is -13.1. The van der Waals surface area contributed by atoms with Crippen LogP contribution in [0.1, 0.15) is 0 Å². The van der Waals surface area contributed by atoms with Gasteiger partial charge in [0.15, 0.2) is 41.6 Å². The summed E-state index contributed by atoms with van der Waals surface area (Å²) in [6.45, 7) is 30.7. The van der Waals surface area contributed by atoms with Crippen molar-refractivity contribution >= 4 is 55.6 Å². The minimum Gasteiger partial charge on any atom is -0.410 e. The second kappa shape index (κ2) is 13.7. The Morgan fingerprint density at radius 3 is 1.42 bits per heavy atom. The van der Waals surface area contributed by atoms with Crippen LogP contribution in [0.5, 0.6) is 0 Å². The molecule has 0 N–H and O–H groups in total. The molecular weight excluding hydrogens is 566 g/mol. The number of hydrogen-bond acceptors (Lipinski definition) is 9. The molecule has 216 valence electrons. The summed E-state index contributed by atoms with van der Waals surface area (Å²) in [4.78, 5) is 4.99. The predicted octanol–water partition coefficient (Wildman–Crippen LogP) is 7.11. The van der Waals surface area contributed by atoms with Crippen LogP contribution < -0.4 is 0 Å². The number of phosphoric acid groups is 1. The largest absolute Gasteiger partial charge is 0.455 e. The van der Waals surface area contributed by atoms with Gasteiger partial charge in [0.2, 0.25) is 0 Å². The fraction of sp³-hybridized carbons (Fsp3) is 0.952. The van der Waals surface area contributed by atoms with E-state index in [-0.39, 0.29) is 6.61 Å². The van der Waals surface area contributed by atoms with Gasteiger partial charge in [-0.2, -0.15) is 0 Å². The van der Waals surface area contributed by atoms with Gasteiger partial charge in [-0.3, -0.25) is 4.52 Å². The van der Waals surface area contributed by atoms with Crippen LogP contribution in [0.4, 0.5) is 0 Å². The molecule has 0 unspecified atom stereocenters. The Labute approximate surface area is 226 Å². The van der Waals surface area contributed by atoms with Crippen molar-refractivity contribution in [3.05, 3.63) is 0 Å². The van der Waals surface area contributed by atoms with E-state index in [1.165, 1.54) is 7.11 Å². The maximum absolute atomic E-state index is 13.8. The zero-order valence-electron chi connectivity index (χ0n) is 25.7. The van der Waals surface area contributed by atoms with Crippen molar-refractivity contribution in [3.8, 4) is 0 Å². The summed E-state index contributed by atoms with van der Waals surface area (Å²) in [6.07, 6.45) is -0.0537. The van der Waals surface area contributed by atoms with Crippen LogP contribution >= 0.6 is 7.82 Å². The quantitative estimate of drug-likeness (QED) is 0.0736. The first kappa shape index (κ1) is 36.5.